The molecule has 17 heavy (non-hydrogen) atoms. The van der Waals surface area contributed by atoms with Crippen molar-refractivity contribution in [2.45, 2.75) is 13.5 Å². The Morgan fingerprint density at radius 2 is 2.29 bits per heavy atom. The van der Waals surface area contributed by atoms with Gasteiger partial charge in [-0.1, -0.05) is 5.16 Å². The van der Waals surface area contributed by atoms with Gasteiger partial charge in [-0.3, -0.25) is 0 Å². The van der Waals surface area contributed by atoms with Crippen LogP contribution in [0.25, 0.3) is 11.5 Å². The molecule has 0 aliphatic heterocycles. The van der Waals surface area contributed by atoms with Crippen LogP contribution in [0, 0.1) is 6.92 Å². The van der Waals surface area contributed by atoms with E-state index < -0.39 is 0 Å². The third-order valence-corrected chi connectivity index (χ3v) is 1.96. The molecule has 2 aromatic rings. The third kappa shape index (κ3) is 3.05. The van der Waals surface area contributed by atoms with Crippen molar-refractivity contribution in [2.75, 3.05) is 13.2 Å². The minimum absolute atomic E-state index is 0.258. The molecule has 0 radical (unpaired) electrons. The van der Waals surface area contributed by atoms with Gasteiger partial charge in [0.15, 0.2) is 0 Å². The number of ether oxygens (including phenoxy) is 1. The Kier molecular flexibility index (Phi) is 3.73. The zero-order chi connectivity index (χ0) is 12.1. The van der Waals surface area contributed by atoms with Crippen molar-refractivity contribution in [3.05, 3.63) is 24.0 Å². The molecule has 0 aliphatic rings. The van der Waals surface area contributed by atoms with E-state index in [1.807, 2.05) is 0 Å². The quantitative estimate of drug-likeness (QED) is 0.744. The number of rotatable bonds is 5. The largest absolute Gasteiger partial charge is 0.370 e. The Morgan fingerprint density at radius 3 is 3.06 bits per heavy atom. The van der Waals surface area contributed by atoms with Gasteiger partial charge in [0.2, 0.25) is 5.82 Å². The zero-order valence-corrected chi connectivity index (χ0v) is 9.46. The molecule has 0 saturated carbocycles. The average molecular weight is 235 g/mol. The Balaban J connectivity index is 2.07. The molecule has 0 spiro atoms. The van der Waals surface area contributed by atoms with Gasteiger partial charge in [0, 0.05) is 12.7 Å². The Labute approximate surface area is 98.0 Å². The van der Waals surface area contributed by atoms with Crippen LogP contribution in [-0.2, 0) is 11.3 Å². The van der Waals surface area contributed by atoms with Crippen molar-refractivity contribution >= 4 is 0 Å². The molecule has 2 aromatic heterocycles. The van der Waals surface area contributed by atoms with Gasteiger partial charge in [-0.15, -0.1) is 0 Å². The van der Waals surface area contributed by atoms with E-state index >= 15 is 0 Å². The highest BCUT2D eigenvalue weighted by atomic mass is 16.5. The zero-order valence-electron chi connectivity index (χ0n) is 9.46. The average Bonchev–Trinajstić information content (AvgIpc) is 2.78. The van der Waals surface area contributed by atoms with Gasteiger partial charge in [0.25, 0.3) is 5.89 Å². The van der Waals surface area contributed by atoms with Crippen LogP contribution in [0.5, 0.6) is 0 Å². The summed E-state index contributed by atoms with van der Waals surface area (Å²) in [7, 11) is 0. The highest BCUT2D eigenvalue weighted by Gasteiger charge is 2.09. The Hall–Kier alpha value is -1.86. The molecule has 90 valence electrons. The van der Waals surface area contributed by atoms with Crippen molar-refractivity contribution in [2.24, 2.45) is 5.73 Å². The number of aromatic nitrogens is 4. The lowest BCUT2D eigenvalue weighted by Crippen LogP contribution is -2.08. The Morgan fingerprint density at radius 1 is 1.41 bits per heavy atom. The van der Waals surface area contributed by atoms with Crippen LogP contribution in [0.4, 0.5) is 0 Å². The summed E-state index contributed by atoms with van der Waals surface area (Å²) in [6.45, 7) is 2.99. The second kappa shape index (κ2) is 5.46. The molecule has 0 fully saturated rings. The van der Waals surface area contributed by atoms with E-state index in [0.29, 0.717) is 36.4 Å². The molecule has 2 heterocycles. The van der Waals surface area contributed by atoms with E-state index in [4.69, 9.17) is 15.0 Å². The normalized spacial score (nSPS) is 10.7. The smallest absolute Gasteiger partial charge is 0.253 e. The first-order chi connectivity index (χ1) is 8.29. The first-order valence-electron chi connectivity index (χ1n) is 5.20. The molecule has 7 nitrogen and oxygen atoms in total. The first-order valence-corrected chi connectivity index (χ1v) is 5.20. The van der Waals surface area contributed by atoms with Gasteiger partial charge in [-0.05, 0) is 13.0 Å². The van der Waals surface area contributed by atoms with Crippen molar-refractivity contribution in [1.29, 1.82) is 0 Å². The number of nitrogens with zero attached hydrogens (tertiary/aromatic N) is 4. The highest BCUT2D eigenvalue weighted by Crippen LogP contribution is 2.12. The van der Waals surface area contributed by atoms with E-state index in [2.05, 4.69) is 20.1 Å². The maximum Gasteiger partial charge on any atom is 0.253 e. The second-order valence-corrected chi connectivity index (χ2v) is 3.34. The number of hydrogen-bond donors (Lipinski definition) is 1. The van der Waals surface area contributed by atoms with Crippen LogP contribution < -0.4 is 5.73 Å². The summed E-state index contributed by atoms with van der Waals surface area (Å²) in [6.07, 6.45) is 1.65. The lowest BCUT2D eigenvalue weighted by Gasteiger charge is -1.95. The van der Waals surface area contributed by atoms with Crippen molar-refractivity contribution in [1.82, 2.24) is 20.1 Å². The molecule has 2 rings (SSSR count). The minimum Gasteiger partial charge on any atom is -0.370 e. The molecule has 0 atom stereocenters. The number of aryl methyl sites for hydroxylation is 1. The van der Waals surface area contributed by atoms with Crippen molar-refractivity contribution in [3.8, 4) is 11.5 Å². The molecular formula is C10H13N5O2. The SMILES string of the molecule is Cc1nccc(-c2noc(COCCN)n2)n1. The molecule has 0 amide bonds. The maximum absolute atomic E-state index is 5.30. The van der Waals surface area contributed by atoms with Crippen molar-refractivity contribution in [3.63, 3.8) is 0 Å². The van der Waals surface area contributed by atoms with E-state index in [1.54, 1.807) is 19.2 Å². The topological polar surface area (TPSA) is 100.0 Å². The van der Waals surface area contributed by atoms with E-state index in [0.717, 1.165) is 0 Å². The van der Waals surface area contributed by atoms with Gasteiger partial charge in [-0.2, -0.15) is 4.98 Å². The van der Waals surface area contributed by atoms with Crippen LogP contribution in [0.1, 0.15) is 11.7 Å². The number of nitrogens with two attached hydrogens (primary N) is 1. The molecular weight excluding hydrogens is 222 g/mol. The summed E-state index contributed by atoms with van der Waals surface area (Å²) in [5.74, 6) is 1.50. The second-order valence-electron chi connectivity index (χ2n) is 3.34. The molecule has 0 unspecified atom stereocenters. The van der Waals surface area contributed by atoms with Crippen molar-refractivity contribution < 1.29 is 9.26 Å². The van der Waals surface area contributed by atoms with Gasteiger partial charge in [0.1, 0.15) is 18.1 Å². The fraction of sp³-hybridized carbons (Fsp3) is 0.400. The lowest BCUT2D eigenvalue weighted by molar-refractivity contribution is 0.104. The van der Waals surface area contributed by atoms with Crippen LogP contribution in [0.3, 0.4) is 0 Å². The molecule has 2 N–H and O–H groups in total. The molecule has 0 bridgehead atoms. The fourth-order valence-corrected chi connectivity index (χ4v) is 1.24. The Bertz CT molecular complexity index is 485. The van der Waals surface area contributed by atoms with Crippen LogP contribution in [0.2, 0.25) is 0 Å². The van der Waals surface area contributed by atoms with Gasteiger partial charge in [-0.25, -0.2) is 9.97 Å². The minimum atomic E-state index is 0.258. The standard InChI is InChI=1S/C10H13N5O2/c1-7-12-4-2-8(13-7)10-14-9(17-15-10)6-16-5-3-11/h2,4H,3,5-6,11H2,1H3. The molecule has 0 aliphatic carbocycles. The van der Waals surface area contributed by atoms with Gasteiger partial charge >= 0.3 is 0 Å². The predicted octanol–water partition coefficient (Wildman–Crippen LogP) is 0.310. The summed E-state index contributed by atoms with van der Waals surface area (Å²) >= 11 is 0. The first kappa shape index (κ1) is 11.6. The van der Waals surface area contributed by atoms with Crippen LogP contribution >= 0.6 is 0 Å². The summed E-state index contributed by atoms with van der Waals surface area (Å²) in [5.41, 5.74) is 5.93. The molecule has 0 aromatic carbocycles. The fourth-order valence-electron chi connectivity index (χ4n) is 1.24. The summed E-state index contributed by atoms with van der Waals surface area (Å²) in [4.78, 5) is 12.4. The van der Waals surface area contributed by atoms with Crippen LogP contribution in [-0.4, -0.2) is 33.3 Å². The molecule has 0 saturated heterocycles. The predicted molar refractivity (Wildman–Crippen MR) is 58.8 cm³/mol. The summed E-state index contributed by atoms with van der Waals surface area (Å²) in [5, 5.41) is 3.82. The number of hydrogen-bond acceptors (Lipinski definition) is 7. The van der Waals surface area contributed by atoms with E-state index in [1.165, 1.54) is 0 Å². The molecule has 7 heteroatoms. The monoisotopic (exact) mass is 235 g/mol. The summed E-state index contributed by atoms with van der Waals surface area (Å²) < 4.78 is 10.2. The van der Waals surface area contributed by atoms with E-state index in [9.17, 15) is 0 Å². The van der Waals surface area contributed by atoms with Gasteiger partial charge in [0.05, 0.1) is 6.61 Å². The lowest BCUT2D eigenvalue weighted by atomic mass is 10.4. The summed E-state index contributed by atoms with van der Waals surface area (Å²) in [6, 6.07) is 1.72. The third-order valence-electron chi connectivity index (χ3n) is 1.96. The maximum atomic E-state index is 5.30. The van der Waals surface area contributed by atoms with Crippen LogP contribution in [0.15, 0.2) is 16.8 Å². The highest BCUT2D eigenvalue weighted by molar-refractivity contribution is 5.46. The van der Waals surface area contributed by atoms with Gasteiger partial charge < -0.3 is 15.0 Å². The van der Waals surface area contributed by atoms with E-state index in [-0.39, 0.29) is 6.61 Å².